The topological polar surface area (TPSA) is 114 Å². The second-order valence-electron chi connectivity index (χ2n) is 5.84. The third-order valence-electron chi connectivity index (χ3n) is 3.97. The van der Waals surface area contributed by atoms with E-state index >= 15 is 0 Å². The largest absolute Gasteiger partial charge is 0.416 e. The van der Waals surface area contributed by atoms with Crippen LogP contribution in [0.4, 0.5) is 4.79 Å². The van der Waals surface area contributed by atoms with Crippen LogP contribution in [-0.4, -0.2) is 36.5 Å². The van der Waals surface area contributed by atoms with Crippen LogP contribution in [0.5, 0.6) is 0 Å². The minimum atomic E-state index is -1.12. The van der Waals surface area contributed by atoms with Crippen molar-refractivity contribution in [1.82, 2.24) is 16.0 Å². The minimum Gasteiger partial charge on any atom is -0.373 e. The van der Waals surface area contributed by atoms with Crippen molar-refractivity contribution in [3.63, 3.8) is 0 Å². The van der Waals surface area contributed by atoms with Gasteiger partial charge in [0.1, 0.15) is 12.1 Å². The Hall–Kier alpha value is -3.68. The Balaban J connectivity index is 1.69. The first-order chi connectivity index (χ1) is 13.0. The van der Waals surface area contributed by atoms with Crippen molar-refractivity contribution in [1.29, 1.82) is 0 Å². The maximum atomic E-state index is 12.5. The standard InChI is InChI=1S/C19H17N3O5/c23-16-14(11-20-16)21-17(24)15(12-7-3-1-4-8-12)22-19(26)27-18(25)13-9-5-2-6-10-13/h1-10,14-15H,11H2,(H,20,23)(H,21,24)(H,22,26). The maximum Gasteiger partial charge on any atom is 0.416 e. The van der Waals surface area contributed by atoms with Gasteiger partial charge in [-0.2, -0.15) is 0 Å². The number of amides is 3. The van der Waals surface area contributed by atoms with Crippen LogP contribution in [0.1, 0.15) is 22.0 Å². The van der Waals surface area contributed by atoms with E-state index < -0.39 is 30.1 Å². The van der Waals surface area contributed by atoms with Crippen molar-refractivity contribution in [2.45, 2.75) is 12.1 Å². The van der Waals surface area contributed by atoms with Crippen LogP contribution in [0.2, 0.25) is 0 Å². The molecule has 3 N–H and O–H groups in total. The number of β-lactam (4-membered cyclic amide) rings is 1. The second-order valence-corrected chi connectivity index (χ2v) is 5.84. The quantitative estimate of drug-likeness (QED) is 0.413. The van der Waals surface area contributed by atoms with Crippen LogP contribution in [0.3, 0.4) is 0 Å². The van der Waals surface area contributed by atoms with E-state index in [9.17, 15) is 19.2 Å². The van der Waals surface area contributed by atoms with Crippen molar-refractivity contribution in [2.24, 2.45) is 0 Å². The first-order valence-corrected chi connectivity index (χ1v) is 8.25. The van der Waals surface area contributed by atoms with Gasteiger partial charge < -0.3 is 20.7 Å². The summed E-state index contributed by atoms with van der Waals surface area (Å²) in [5.74, 6) is -1.71. The molecule has 8 nitrogen and oxygen atoms in total. The molecular weight excluding hydrogens is 350 g/mol. The number of alkyl carbamates (subject to hydrolysis) is 1. The molecule has 0 saturated carbocycles. The lowest BCUT2D eigenvalue weighted by Crippen LogP contribution is -2.63. The van der Waals surface area contributed by atoms with E-state index in [1.165, 1.54) is 12.1 Å². The van der Waals surface area contributed by atoms with Gasteiger partial charge in [-0.15, -0.1) is 0 Å². The summed E-state index contributed by atoms with van der Waals surface area (Å²) in [5, 5.41) is 7.44. The zero-order valence-corrected chi connectivity index (χ0v) is 14.2. The van der Waals surface area contributed by atoms with Crippen molar-refractivity contribution in [2.75, 3.05) is 6.54 Å². The molecule has 3 amide bonds. The van der Waals surface area contributed by atoms with Crippen LogP contribution in [0.15, 0.2) is 60.7 Å². The molecule has 3 rings (SSSR count). The summed E-state index contributed by atoms with van der Waals surface area (Å²) in [4.78, 5) is 48.0. The lowest BCUT2D eigenvalue weighted by Gasteiger charge is -2.28. The highest BCUT2D eigenvalue weighted by molar-refractivity contribution is 5.98. The number of hydrogen-bond acceptors (Lipinski definition) is 5. The van der Waals surface area contributed by atoms with E-state index in [1.54, 1.807) is 48.5 Å². The summed E-state index contributed by atoms with van der Waals surface area (Å²) >= 11 is 0. The normalized spacial score (nSPS) is 16.3. The van der Waals surface area contributed by atoms with Gasteiger partial charge >= 0.3 is 12.1 Å². The molecule has 1 heterocycles. The highest BCUT2D eigenvalue weighted by atomic mass is 16.6. The summed E-state index contributed by atoms with van der Waals surface area (Å²) in [6.45, 7) is 0.322. The fraction of sp³-hybridized carbons (Fsp3) is 0.158. The first-order valence-electron chi connectivity index (χ1n) is 8.25. The summed E-state index contributed by atoms with van der Waals surface area (Å²) < 4.78 is 4.76. The van der Waals surface area contributed by atoms with Gasteiger partial charge in [-0.3, -0.25) is 9.59 Å². The molecule has 1 saturated heterocycles. The third-order valence-corrected chi connectivity index (χ3v) is 3.97. The molecule has 2 atom stereocenters. The monoisotopic (exact) mass is 367 g/mol. The van der Waals surface area contributed by atoms with Gasteiger partial charge in [-0.1, -0.05) is 48.5 Å². The zero-order valence-electron chi connectivity index (χ0n) is 14.2. The summed E-state index contributed by atoms with van der Waals surface area (Å²) in [5.41, 5.74) is 0.693. The molecule has 2 aromatic rings. The van der Waals surface area contributed by atoms with Gasteiger partial charge in [0.2, 0.25) is 11.8 Å². The molecule has 2 aromatic carbocycles. The maximum absolute atomic E-state index is 12.5. The van der Waals surface area contributed by atoms with Gasteiger partial charge in [-0.05, 0) is 17.7 Å². The molecule has 138 valence electrons. The minimum absolute atomic E-state index is 0.208. The molecule has 27 heavy (non-hydrogen) atoms. The van der Waals surface area contributed by atoms with Crippen LogP contribution >= 0.6 is 0 Å². The molecule has 1 aliphatic rings. The highest BCUT2D eigenvalue weighted by Gasteiger charge is 2.33. The van der Waals surface area contributed by atoms with E-state index in [1.807, 2.05) is 0 Å². The number of esters is 1. The number of rotatable bonds is 5. The number of benzene rings is 2. The van der Waals surface area contributed by atoms with E-state index in [4.69, 9.17) is 4.74 Å². The Labute approximate surface area is 154 Å². The predicted molar refractivity (Wildman–Crippen MR) is 94.5 cm³/mol. The molecule has 8 heteroatoms. The number of nitrogens with one attached hydrogen (secondary N) is 3. The van der Waals surface area contributed by atoms with Crippen molar-refractivity contribution < 1.29 is 23.9 Å². The van der Waals surface area contributed by atoms with Gasteiger partial charge in [0, 0.05) is 6.54 Å². The van der Waals surface area contributed by atoms with Crippen LogP contribution in [0.25, 0.3) is 0 Å². The fourth-order valence-electron chi connectivity index (χ4n) is 2.47. The smallest absolute Gasteiger partial charge is 0.373 e. The highest BCUT2D eigenvalue weighted by Crippen LogP contribution is 2.14. The number of carbonyl (C=O) groups excluding carboxylic acids is 4. The van der Waals surface area contributed by atoms with Gasteiger partial charge in [0.25, 0.3) is 0 Å². The van der Waals surface area contributed by atoms with E-state index in [0.717, 1.165) is 0 Å². The van der Waals surface area contributed by atoms with E-state index in [2.05, 4.69) is 16.0 Å². The predicted octanol–water partition coefficient (Wildman–Crippen LogP) is 0.909. The molecule has 0 spiro atoms. The number of hydrogen-bond donors (Lipinski definition) is 3. The summed E-state index contributed by atoms with van der Waals surface area (Å²) in [7, 11) is 0. The Morgan fingerprint density at radius 1 is 1.00 bits per heavy atom. The van der Waals surface area contributed by atoms with Gasteiger partial charge in [-0.25, -0.2) is 9.59 Å². The Morgan fingerprint density at radius 2 is 1.63 bits per heavy atom. The summed E-state index contributed by atoms with van der Waals surface area (Å²) in [6.07, 6.45) is -1.06. The molecule has 0 aromatic heterocycles. The van der Waals surface area contributed by atoms with Gasteiger partial charge in [0.05, 0.1) is 5.56 Å². The lowest BCUT2D eigenvalue weighted by atomic mass is 10.0. The van der Waals surface area contributed by atoms with Gasteiger partial charge in [0.15, 0.2) is 0 Å². The molecule has 1 aliphatic heterocycles. The zero-order chi connectivity index (χ0) is 19.2. The lowest BCUT2D eigenvalue weighted by molar-refractivity contribution is -0.134. The molecule has 0 aliphatic carbocycles. The van der Waals surface area contributed by atoms with Crippen LogP contribution < -0.4 is 16.0 Å². The van der Waals surface area contributed by atoms with E-state index in [0.29, 0.717) is 12.1 Å². The molecular formula is C19H17N3O5. The van der Waals surface area contributed by atoms with Crippen molar-refractivity contribution in [3.05, 3.63) is 71.8 Å². The molecule has 0 radical (unpaired) electrons. The SMILES string of the molecule is O=C(NC(C(=O)NC1CNC1=O)c1ccccc1)OC(=O)c1ccccc1. The molecule has 1 fully saturated rings. The van der Waals surface area contributed by atoms with Crippen molar-refractivity contribution >= 4 is 23.9 Å². The summed E-state index contributed by atoms with van der Waals surface area (Å²) in [6, 6.07) is 14.7. The van der Waals surface area contributed by atoms with Crippen molar-refractivity contribution in [3.8, 4) is 0 Å². The fourth-order valence-corrected chi connectivity index (χ4v) is 2.47. The van der Waals surface area contributed by atoms with E-state index in [-0.39, 0.29) is 11.5 Å². The second kappa shape index (κ2) is 8.13. The average molecular weight is 367 g/mol. The van der Waals surface area contributed by atoms with Crippen LogP contribution in [0, 0.1) is 0 Å². The Morgan fingerprint density at radius 3 is 2.19 bits per heavy atom. The first kappa shape index (κ1) is 18.1. The average Bonchev–Trinajstić information content (AvgIpc) is 2.70. The van der Waals surface area contributed by atoms with Crippen LogP contribution in [-0.2, 0) is 14.3 Å². The number of ether oxygens (including phenoxy) is 1. The Kier molecular flexibility index (Phi) is 5.46. The number of carbonyl (C=O) groups is 4. The molecule has 0 bridgehead atoms. The molecule has 2 unspecified atom stereocenters. The third kappa shape index (κ3) is 4.49. The Bertz CT molecular complexity index is 854.